The third-order valence-corrected chi connectivity index (χ3v) is 4.28. The number of nitro groups is 1. The van der Waals surface area contributed by atoms with E-state index in [2.05, 4.69) is 10.1 Å². The van der Waals surface area contributed by atoms with E-state index in [4.69, 9.17) is 16.3 Å². The Bertz CT molecular complexity index is 1100. The molecule has 3 aromatic rings. The third kappa shape index (κ3) is 4.92. The second kappa shape index (κ2) is 9.06. The zero-order valence-corrected chi connectivity index (χ0v) is 16.4. The highest BCUT2D eigenvalue weighted by Gasteiger charge is 2.23. The molecule has 8 nitrogen and oxygen atoms in total. The number of esters is 1. The van der Waals surface area contributed by atoms with E-state index in [1.807, 2.05) is 0 Å². The average Bonchev–Trinajstić information content (AvgIpc) is 2.75. The Morgan fingerprint density at radius 1 is 0.967 bits per heavy atom. The van der Waals surface area contributed by atoms with Crippen molar-refractivity contribution in [1.29, 1.82) is 0 Å². The van der Waals surface area contributed by atoms with Crippen LogP contribution in [-0.4, -0.2) is 23.9 Å². The fourth-order valence-electron chi connectivity index (χ4n) is 2.55. The van der Waals surface area contributed by atoms with Crippen LogP contribution in [0.4, 0.5) is 11.4 Å². The number of amides is 1. The van der Waals surface area contributed by atoms with Gasteiger partial charge in [-0.3, -0.25) is 14.9 Å². The van der Waals surface area contributed by atoms with Crippen LogP contribution in [-0.2, 0) is 4.74 Å². The molecule has 152 valence electrons. The SMILES string of the molecule is COC(=O)c1ccc(C(=O)Nc2ccc(Oc3ccc(Cl)cc3)cc2)cc1[N+](=O)[O-]. The number of benzene rings is 3. The predicted molar refractivity (Wildman–Crippen MR) is 110 cm³/mol. The Morgan fingerprint density at radius 2 is 1.57 bits per heavy atom. The minimum absolute atomic E-state index is 0.0239. The summed E-state index contributed by atoms with van der Waals surface area (Å²) in [5.74, 6) is -0.270. The molecule has 0 aliphatic carbocycles. The molecule has 0 saturated carbocycles. The second-order valence-corrected chi connectivity index (χ2v) is 6.45. The van der Waals surface area contributed by atoms with Crippen LogP contribution in [0.15, 0.2) is 66.7 Å². The maximum atomic E-state index is 12.5. The number of hydrogen-bond donors (Lipinski definition) is 1. The van der Waals surface area contributed by atoms with Crippen LogP contribution < -0.4 is 10.1 Å². The number of carbonyl (C=O) groups excluding carboxylic acids is 2. The summed E-state index contributed by atoms with van der Waals surface area (Å²) in [5.41, 5.74) is -0.261. The van der Waals surface area contributed by atoms with Gasteiger partial charge in [-0.15, -0.1) is 0 Å². The molecular formula is C21H15ClN2O6. The number of nitrogens with one attached hydrogen (secondary N) is 1. The summed E-state index contributed by atoms with van der Waals surface area (Å²) in [6.07, 6.45) is 0. The zero-order chi connectivity index (χ0) is 21.7. The largest absolute Gasteiger partial charge is 0.465 e. The molecule has 0 unspecified atom stereocenters. The number of nitro benzene ring substituents is 1. The molecule has 1 amide bonds. The lowest BCUT2D eigenvalue weighted by Crippen LogP contribution is -2.13. The van der Waals surface area contributed by atoms with Crippen molar-refractivity contribution in [1.82, 2.24) is 0 Å². The summed E-state index contributed by atoms with van der Waals surface area (Å²) in [5, 5.41) is 14.5. The van der Waals surface area contributed by atoms with Gasteiger partial charge in [-0.1, -0.05) is 11.6 Å². The lowest BCUT2D eigenvalue weighted by atomic mass is 10.1. The molecule has 30 heavy (non-hydrogen) atoms. The molecule has 3 rings (SSSR count). The summed E-state index contributed by atoms with van der Waals surface area (Å²) in [6.45, 7) is 0. The maximum absolute atomic E-state index is 12.5. The van der Waals surface area contributed by atoms with Gasteiger partial charge < -0.3 is 14.8 Å². The molecule has 1 N–H and O–H groups in total. The molecule has 0 saturated heterocycles. The third-order valence-electron chi connectivity index (χ3n) is 4.02. The fraction of sp³-hybridized carbons (Fsp3) is 0.0476. The van der Waals surface area contributed by atoms with Crippen molar-refractivity contribution in [2.24, 2.45) is 0 Å². The number of hydrogen-bond acceptors (Lipinski definition) is 6. The summed E-state index contributed by atoms with van der Waals surface area (Å²) in [4.78, 5) is 34.6. The van der Waals surface area contributed by atoms with E-state index in [0.717, 1.165) is 13.2 Å². The molecule has 0 atom stereocenters. The number of rotatable bonds is 6. The van der Waals surface area contributed by atoms with Crippen molar-refractivity contribution in [3.05, 3.63) is 93.0 Å². The summed E-state index contributed by atoms with van der Waals surface area (Å²) >= 11 is 5.84. The molecule has 0 fully saturated rings. The van der Waals surface area contributed by atoms with Crippen LogP contribution in [0.5, 0.6) is 11.5 Å². The molecule has 0 aliphatic heterocycles. The Morgan fingerprint density at radius 3 is 2.13 bits per heavy atom. The maximum Gasteiger partial charge on any atom is 0.344 e. The second-order valence-electron chi connectivity index (χ2n) is 6.02. The molecule has 0 aromatic heterocycles. The van der Waals surface area contributed by atoms with E-state index < -0.39 is 22.5 Å². The van der Waals surface area contributed by atoms with Crippen LogP contribution in [0.25, 0.3) is 0 Å². The highest BCUT2D eigenvalue weighted by Crippen LogP contribution is 2.25. The highest BCUT2D eigenvalue weighted by molar-refractivity contribution is 6.30. The summed E-state index contributed by atoms with van der Waals surface area (Å²) in [6, 6.07) is 17.0. The number of carbonyl (C=O) groups is 2. The van der Waals surface area contributed by atoms with Crippen molar-refractivity contribution in [2.75, 3.05) is 12.4 Å². The van der Waals surface area contributed by atoms with Crippen LogP contribution in [0.3, 0.4) is 0 Å². The van der Waals surface area contributed by atoms with E-state index in [0.29, 0.717) is 22.2 Å². The number of methoxy groups -OCH3 is 1. The molecule has 0 aliphatic rings. The smallest absolute Gasteiger partial charge is 0.344 e. The molecular weight excluding hydrogens is 412 g/mol. The monoisotopic (exact) mass is 426 g/mol. The van der Waals surface area contributed by atoms with Gasteiger partial charge in [-0.2, -0.15) is 0 Å². The minimum atomic E-state index is -0.857. The van der Waals surface area contributed by atoms with Gasteiger partial charge in [0.1, 0.15) is 17.1 Å². The van der Waals surface area contributed by atoms with Crippen LogP contribution in [0, 0.1) is 10.1 Å². The van der Waals surface area contributed by atoms with Gasteiger partial charge >= 0.3 is 5.97 Å². The Hall–Kier alpha value is -3.91. The minimum Gasteiger partial charge on any atom is -0.465 e. The van der Waals surface area contributed by atoms with Crippen molar-refractivity contribution < 1.29 is 24.0 Å². The first-order chi connectivity index (χ1) is 14.4. The summed E-state index contributed by atoms with van der Waals surface area (Å²) in [7, 11) is 1.12. The normalized spacial score (nSPS) is 10.2. The van der Waals surface area contributed by atoms with Crippen LogP contribution >= 0.6 is 11.6 Å². The van der Waals surface area contributed by atoms with E-state index in [9.17, 15) is 19.7 Å². The molecule has 0 bridgehead atoms. The number of halogens is 1. The highest BCUT2D eigenvalue weighted by atomic mass is 35.5. The Balaban J connectivity index is 1.72. The van der Waals surface area contributed by atoms with Crippen molar-refractivity contribution in [3.63, 3.8) is 0 Å². The first-order valence-electron chi connectivity index (χ1n) is 8.59. The Kier molecular flexibility index (Phi) is 6.29. The van der Waals surface area contributed by atoms with Crippen molar-refractivity contribution >= 4 is 34.9 Å². The van der Waals surface area contributed by atoms with Gasteiger partial charge in [-0.25, -0.2) is 4.79 Å². The van der Waals surface area contributed by atoms with Gasteiger partial charge in [0.05, 0.1) is 12.0 Å². The van der Waals surface area contributed by atoms with E-state index >= 15 is 0 Å². The molecule has 9 heteroatoms. The quantitative estimate of drug-likeness (QED) is 0.334. The van der Waals surface area contributed by atoms with Gasteiger partial charge in [0.15, 0.2) is 0 Å². The Labute approximate surface area is 176 Å². The van der Waals surface area contributed by atoms with Crippen molar-refractivity contribution in [3.8, 4) is 11.5 Å². The fourth-order valence-corrected chi connectivity index (χ4v) is 2.68. The standard InChI is InChI=1S/C21H15ClN2O6/c1-29-21(26)18-11-2-13(12-19(18)24(27)28)20(25)23-15-5-9-17(10-6-15)30-16-7-3-14(22)4-8-16/h2-12H,1H3,(H,23,25). The summed E-state index contributed by atoms with van der Waals surface area (Å²) < 4.78 is 10.2. The van der Waals surface area contributed by atoms with Gasteiger partial charge in [0.25, 0.3) is 11.6 Å². The molecule has 3 aromatic carbocycles. The van der Waals surface area contributed by atoms with Crippen molar-refractivity contribution in [2.45, 2.75) is 0 Å². The lowest BCUT2D eigenvalue weighted by molar-refractivity contribution is -0.385. The average molecular weight is 427 g/mol. The first kappa shape index (κ1) is 20.8. The number of ether oxygens (including phenoxy) is 2. The van der Waals surface area contributed by atoms with E-state index in [1.165, 1.54) is 12.1 Å². The molecule has 0 radical (unpaired) electrons. The zero-order valence-electron chi connectivity index (χ0n) is 15.6. The van der Waals surface area contributed by atoms with E-state index in [1.54, 1.807) is 48.5 Å². The number of anilines is 1. The van der Waals surface area contributed by atoms with Crippen LogP contribution in [0.2, 0.25) is 5.02 Å². The molecule has 0 heterocycles. The van der Waals surface area contributed by atoms with Gasteiger partial charge in [-0.05, 0) is 60.7 Å². The van der Waals surface area contributed by atoms with Crippen LogP contribution in [0.1, 0.15) is 20.7 Å². The predicted octanol–water partition coefficient (Wildman–Crippen LogP) is 5.08. The first-order valence-corrected chi connectivity index (χ1v) is 8.97. The van der Waals surface area contributed by atoms with Gasteiger partial charge in [0.2, 0.25) is 0 Å². The van der Waals surface area contributed by atoms with E-state index in [-0.39, 0.29) is 11.1 Å². The van der Waals surface area contributed by atoms with Gasteiger partial charge in [0, 0.05) is 22.3 Å². The lowest BCUT2D eigenvalue weighted by Gasteiger charge is -2.09. The topological polar surface area (TPSA) is 108 Å². The molecule has 0 spiro atoms. The number of nitrogens with zero attached hydrogens (tertiary/aromatic N) is 1.